The van der Waals surface area contributed by atoms with Crippen molar-refractivity contribution in [3.8, 4) is 0 Å². The maximum Gasteiger partial charge on any atom is 0.258 e. The van der Waals surface area contributed by atoms with Crippen molar-refractivity contribution in [1.29, 1.82) is 0 Å². The molecular weight excluding hydrogens is 399 g/mol. The van der Waals surface area contributed by atoms with Crippen molar-refractivity contribution in [1.82, 2.24) is 14.3 Å². The molecule has 0 saturated carbocycles. The van der Waals surface area contributed by atoms with Gasteiger partial charge in [-0.05, 0) is 48.8 Å². The van der Waals surface area contributed by atoms with Gasteiger partial charge in [-0.2, -0.15) is 4.37 Å². The third-order valence-electron chi connectivity index (χ3n) is 4.18. The molecule has 0 saturated heterocycles. The number of hydrogen-bond acceptors (Lipinski definition) is 5. The zero-order chi connectivity index (χ0) is 19.7. The lowest BCUT2D eigenvalue weighted by atomic mass is 10.1. The summed E-state index contributed by atoms with van der Waals surface area (Å²) in [5.41, 5.74) is 3.76. The Balaban J connectivity index is 1.60. The van der Waals surface area contributed by atoms with Gasteiger partial charge in [-0.3, -0.25) is 9.78 Å². The van der Waals surface area contributed by atoms with Crippen LogP contribution < -0.4 is 5.32 Å². The molecule has 8 heteroatoms. The van der Waals surface area contributed by atoms with Crippen LogP contribution in [0.4, 0.5) is 10.1 Å². The minimum atomic E-state index is -0.591. The molecule has 0 spiro atoms. The van der Waals surface area contributed by atoms with E-state index in [1.165, 1.54) is 23.7 Å². The van der Waals surface area contributed by atoms with Crippen molar-refractivity contribution >= 4 is 45.8 Å². The Morgan fingerprint density at radius 1 is 1.21 bits per heavy atom. The van der Waals surface area contributed by atoms with E-state index in [0.717, 1.165) is 21.6 Å². The molecule has 5 nitrogen and oxygen atoms in total. The van der Waals surface area contributed by atoms with Crippen LogP contribution in [-0.4, -0.2) is 20.2 Å². The van der Waals surface area contributed by atoms with E-state index in [2.05, 4.69) is 19.7 Å². The monoisotopic (exact) mass is 412 g/mol. The van der Waals surface area contributed by atoms with E-state index < -0.39 is 5.82 Å². The highest BCUT2D eigenvalue weighted by Gasteiger charge is 2.20. The fourth-order valence-electron chi connectivity index (χ4n) is 2.84. The molecule has 1 N–H and O–H groups in total. The molecule has 0 radical (unpaired) electrons. The van der Waals surface area contributed by atoms with Gasteiger partial charge in [0, 0.05) is 23.2 Å². The predicted octanol–water partition coefficient (Wildman–Crippen LogP) is 5.03. The van der Waals surface area contributed by atoms with Crippen LogP contribution in [0.25, 0.3) is 11.0 Å². The van der Waals surface area contributed by atoms with Crippen molar-refractivity contribution in [2.45, 2.75) is 13.3 Å². The van der Waals surface area contributed by atoms with Crippen LogP contribution in [-0.2, 0) is 6.42 Å². The molecule has 0 fully saturated rings. The summed E-state index contributed by atoms with van der Waals surface area (Å²) in [6.45, 7) is 1.77. The highest BCUT2D eigenvalue weighted by molar-refractivity contribution is 7.06. The average Bonchev–Trinajstić information content (AvgIpc) is 3.05. The Labute approximate surface area is 169 Å². The number of nitrogens with zero attached hydrogens (tertiary/aromatic N) is 3. The number of nitrogens with one attached hydrogen (secondary N) is 1. The summed E-state index contributed by atoms with van der Waals surface area (Å²) < 4.78 is 17.9. The number of benzene rings is 2. The summed E-state index contributed by atoms with van der Waals surface area (Å²) >= 11 is 6.94. The zero-order valence-electron chi connectivity index (χ0n) is 14.7. The Morgan fingerprint density at radius 3 is 2.79 bits per heavy atom. The van der Waals surface area contributed by atoms with Gasteiger partial charge in [0.1, 0.15) is 5.82 Å². The van der Waals surface area contributed by atoms with Gasteiger partial charge in [0.25, 0.3) is 5.91 Å². The summed E-state index contributed by atoms with van der Waals surface area (Å²) in [5, 5.41) is 2.70. The first kappa shape index (κ1) is 18.5. The third kappa shape index (κ3) is 3.72. The first-order chi connectivity index (χ1) is 13.5. The third-order valence-corrected chi connectivity index (χ3v) is 5.42. The second kappa shape index (κ2) is 7.61. The molecule has 2 aromatic heterocycles. The minimum Gasteiger partial charge on any atom is -0.322 e. The van der Waals surface area contributed by atoms with Gasteiger partial charge in [0.15, 0.2) is 0 Å². The van der Waals surface area contributed by atoms with Crippen molar-refractivity contribution in [2.75, 3.05) is 5.32 Å². The van der Waals surface area contributed by atoms with E-state index in [0.29, 0.717) is 23.4 Å². The number of fused-ring (bicyclic) bond motifs is 1. The van der Waals surface area contributed by atoms with Crippen molar-refractivity contribution < 1.29 is 9.18 Å². The molecule has 0 unspecified atom stereocenters. The summed E-state index contributed by atoms with van der Waals surface area (Å²) in [6.07, 6.45) is 2.13. The Bertz CT molecular complexity index is 1190. The molecule has 0 bridgehead atoms. The lowest BCUT2D eigenvalue weighted by Gasteiger charge is -2.08. The molecule has 0 aliphatic rings. The molecule has 0 aliphatic heterocycles. The van der Waals surface area contributed by atoms with Crippen LogP contribution in [0.1, 0.15) is 26.6 Å². The number of halogens is 2. The normalized spacial score (nSPS) is 11.0. The fraction of sp³-hybridized carbons (Fsp3) is 0.100. The molecule has 2 heterocycles. The molecule has 4 rings (SSSR count). The molecule has 2 aromatic carbocycles. The van der Waals surface area contributed by atoms with Crippen LogP contribution >= 0.6 is 23.1 Å². The molecule has 140 valence electrons. The van der Waals surface area contributed by atoms with E-state index in [1.807, 2.05) is 24.3 Å². The number of rotatable bonds is 4. The average molecular weight is 413 g/mol. The second-order valence-electron chi connectivity index (χ2n) is 6.18. The summed E-state index contributed by atoms with van der Waals surface area (Å²) in [4.78, 5) is 22.6. The van der Waals surface area contributed by atoms with Crippen LogP contribution in [0, 0.1) is 12.7 Å². The Morgan fingerprint density at radius 2 is 2.00 bits per heavy atom. The lowest BCUT2D eigenvalue weighted by molar-refractivity contribution is 0.102. The fourth-order valence-corrected chi connectivity index (χ4v) is 3.84. The number of para-hydroxylation sites is 2. The van der Waals surface area contributed by atoms with Gasteiger partial charge in [-0.25, -0.2) is 9.37 Å². The largest absolute Gasteiger partial charge is 0.322 e. The van der Waals surface area contributed by atoms with E-state index >= 15 is 0 Å². The quantitative estimate of drug-likeness (QED) is 0.510. The van der Waals surface area contributed by atoms with Crippen molar-refractivity contribution in [2.24, 2.45) is 0 Å². The molecular formula is C20H14ClFN4OS. The number of amides is 1. The highest BCUT2D eigenvalue weighted by atomic mass is 35.5. The van der Waals surface area contributed by atoms with E-state index in [9.17, 15) is 9.18 Å². The minimum absolute atomic E-state index is 0.00180. The van der Waals surface area contributed by atoms with Crippen LogP contribution in [0.3, 0.4) is 0 Å². The number of hydrogen-bond donors (Lipinski definition) is 1. The number of aryl methyl sites for hydroxylation is 1. The summed E-state index contributed by atoms with van der Waals surface area (Å²) in [7, 11) is 0. The second-order valence-corrected chi connectivity index (χ2v) is 7.44. The number of carbonyl (C=O) groups excluding carboxylic acids is 1. The molecule has 4 aromatic rings. The number of anilines is 1. The standard InChI is InChI=1S/C20H14ClFN4OS/c1-11-19(20(27)25-12-6-7-14(21)15(22)8-12)18(28-26-11)9-13-10-23-16-4-2-3-5-17(16)24-13/h2-8,10H,9H2,1H3,(H,25,27). The van der Waals surface area contributed by atoms with Gasteiger partial charge >= 0.3 is 0 Å². The topological polar surface area (TPSA) is 67.8 Å². The van der Waals surface area contributed by atoms with Gasteiger partial charge < -0.3 is 5.32 Å². The molecule has 1 amide bonds. The SMILES string of the molecule is Cc1nsc(Cc2cnc3ccccc3n2)c1C(=O)Nc1ccc(Cl)c(F)c1. The van der Waals surface area contributed by atoms with E-state index in [-0.39, 0.29) is 10.9 Å². The van der Waals surface area contributed by atoms with E-state index in [1.54, 1.807) is 19.2 Å². The predicted molar refractivity (Wildman–Crippen MR) is 109 cm³/mol. The van der Waals surface area contributed by atoms with Gasteiger partial charge in [0.05, 0.1) is 33.0 Å². The van der Waals surface area contributed by atoms with Crippen LogP contribution in [0.2, 0.25) is 5.02 Å². The van der Waals surface area contributed by atoms with Crippen molar-refractivity contribution in [3.05, 3.63) is 81.3 Å². The highest BCUT2D eigenvalue weighted by Crippen LogP contribution is 2.24. The van der Waals surface area contributed by atoms with Crippen LogP contribution in [0.15, 0.2) is 48.7 Å². The maximum atomic E-state index is 13.6. The molecule has 28 heavy (non-hydrogen) atoms. The van der Waals surface area contributed by atoms with Gasteiger partial charge in [0.2, 0.25) is 0 Å². The zero-order valence-corrected chi connectivity index (χ0v) is 16.3. The molecule has 0 atom stereocenters. The first-order valence-electron chi connectivity index (χ1n) is 8.43. The van der Waals surface area contributed by atoms with Crippen molar-refractivity contribution in [3.63, 3.8) is 0 Å². The van der Waals surface area contributed by atoms with Gasteiger partial charge in [-0.15, -0.1) is 0 Å². The maximum absolute atomic E-state index is 13.6. The van der Waals surface area contributed by atoms with E-state index in [4.69, 9.17) is 11.6 Å². The smallest absolute Gasteiger partial charge is 0.258 e. The summed E-state index contributed by atoms with van der Waals surface area (Å²) in [6, 6.07) is 11.7. The number of carbonyl (C=O) groups is 1. The lowest BCUT2D eigenvalue weighted by Crippen LogP contribution is -2.14. The van der Waals surface area contributed by atoms with Crippen LogP contribution in [0.5, 0.6) is 0 Å². The molecule has 0 aliphatic carbocycles. The Kier molecular flexibility index (Phi) is 5.02. The first-order valence-corrected chi connectivity index (χ1v) is 9.58. The van der Waals surface area contributed by atoms with Gasteiger partial charge in [-0.1, -0.05) is 23.7 Å². The Hall–Kier alpha value is -2.90. The number of aromatic nitrogens is 3. The summed E-state index contributed by atoms with van der Waals surface area (Å²) in [5.74, 6) is -0.942.